The zero-order chi connectivity index (χ0) is 21.3. The summed E-state index contributed by atoms with van der Waals surface area (Å²) in [5.41, 5.74) is -2.89. The lowest BCUT2D eigenvalue weighted by Crippen LogP contribution is -2.34. The van der Waals surface area contributed by atoms with Gasteiger partial charge in [0, 0.05) is 13.0 Å². The van der Waals surface area contributed by atoms with Gasteiger partial charge >= 0.3 is 12.2 Å². The van der Waals surface area contributed by atoms with E-state index in [4.69, 9.17) is 52.8 Å². The Bertz CT molecular complexity index is 862. The van der Waals surface area contributed by atoms with Crippen LogP contribution in [0.1, 0.15) is 12.0 Å². The maximum Gasteiger partial charge on any atom is 0.416 e. The summed E-state index contributed by atoms with van der Waals surface area (Å²) in [4.78, 5) is 30.4. The van der Waals surface area contributed by atoms with Crippen molar-refractivity contribution in [3.05, 3.63) is 29.8 Å². The number of alkyl halides is 7. The lowest BCUT2D eigenvalue weighted by Gasteiger charge is -2.19. The first kappa shape index (κ1) is 22.6. The van der Waals surface area contributed by atoms with Crippen molar-refractivity contribution < 1.29 is 22.8 Å². The van der Waals surface area contributed by atoms with Crippen molar-refractivity contribution in [3.63, 3.8) is 0 Å². The average molecular weight is 475 g/mol. The number of aliphatic imine (C=N–C) groups is 1. The molecule has 1 saturated heterocycles. The van der Waals surface area contributed by atoms with Crippen molar-refractivity contribution in [1.29, 1.82) is 0 Å². The second-order valence-electron chi connectivity index (χ2n) is 5.41. The number of nitrogens with zero attached hydrogens (tertiary/aromatic N) is 3. The molecule has 0 aliphatic carbocycles. The number of terminal acetylenes is 1. The van der Waals surface area contributed by atoms with Crippen LogP contribution in [0.15, 0.2) is 29.3 Å². The summed E-state index contributed by atoms with van der Waals surface area (Å²) in [6, 6.07) is 2.81. The molecule has 0 radical (unpaired) electrons. The van der Waals surface area contributed by atoms with Crippen molar-refractivity contribution in [2.24, 2.45) is 4.99 Å². The minimum Gasteiger partial charge on any atom is -0.265 e. The summed E-state index contributed by atoms with van der Waals surface area (Å²) in [6.07, 6.45) is 0.495. The van der Waals surface area contributed by atoms with Crippen LogP contribution < -0.4 is 4.90 Å². The molecule has 1 unspecified atom stereocenters. The van der Waals surface area contributed by atoms with Crippen molar-refractivity contribution in [3.8, 4) is 12.3 Å². The molecule has 3 amide bonds. The van der Waals surface area contributed by atoms with Gasteiger partial charge in [0.1, 0.15) is 0 Å². The Morgan fingerprint density at radius 2 is 1.86 bits per heavy atom. The van der Waals surface area contributed by atoms with Gasteiger partial charge in [0.05, 0.1) is 11.3 Å². The van der Waals surface area contributed by atoms with E-state index in [0.717, 1.165) is 17.0 Å². The summed E-state index contributed by atoms with van der Waals surface area (Å²) in [5, 5.41) is 0. The van der Waals surface area contributed by atoms with Gasteiger partial charge in [-0.05, 0) is 18.2 Å². The highest BCUT2D eigenvalue weighted by atomic mass is 35.6. The zero-order valence-corrected chi connectivity index (χ0v) is 16.7. The first-order chi connectivity index (χ1) is 12.9. The van der Waals surface area contributed by atoms with Gasteiger partial charge < -0.3 is 0 Å². The Morgan fingerprint density at radius 1 is 1.21 bits per heavy atom. The van der Waals surface area contributed by atoms with Gasteiger partial charge in [0.25, 0.3) is 5.91 Å². The molecule has 1 aromatic rings. The number of carbonyl (C=O) groups is 2. The number of halogens is 7. The molecule has 1 aliphatic rings. The SMILES string of the molecule is C#CCCN1C(=O)/C(=N\C(Cl)C(Cl)(Cl)Cl)N(c2cccc(C(F)(F)F)c2)C1=O. The topological polar surface area (TPSA) is 53.0 Å². The van der Waals surface area contributed by atoms with Gasteiger partial charge in [0.2, 0.25) is 9.63 Å². The van der Waals surface area contributed by atoms with Crippen LogP contribution in [0, 0.1) is 12.3 Å². The molecule has 0 spiro atoms. The third-order valence-corrected chi connectivity index (χ3v) is 4.87. The van der Waals surface area contributed by atoms with Crippen LogP contribution in [-0.2, 0) is 11.0 Å². The van der Waals surface area contributed by atoms with Crippen molar-refractivity contribution in [2.45, 2.75) is 21.9 Å². The Morgan fingerprint density at radius 3 is 2.39 bits per heavy atom. The van der Waals surface area contributed by atoms with Gasteiger partial charge in [-0.25, -0.2) is 14.7 Å². The number of amides is 3. The molecule has 28 heavy (non-hydrogen) atoms. The smallest absolute Gasteiger partial charge is 0.265 e. The Balaban J connectivity index is 2.57. The van der Waals surface area contributed by atoms with Gasteiger partial charge in [0.15, 0.2) is 5.50 Å². The van der Waals surface area contributed by atoms with E-state index in [-0.39, 0.29) is 18.7 Å². The van der Waals surface area contributed by atoms with Gasteiger partial charge in [-0.15, -0.1) is 12.3 Å². The molecule has 1 atom stereocenters. The number of urea groups is 1. The van der Waals surface area contributed by atoms with Crippen molar-refractivity contribution in [2.75, 3.05) is 11.4 Å². The fraction of sp³-hybridized carbons (Fsp3) is 0.312. The van der Waals surface area contributed by atoms with Crippen LogP contribution >= 0.6 is 46.4 Å². The van der Waals surface area contributed by atoms with Crippen LogP contribution in [-0.4, -0.2) is 38.5 Å². The Labute approximate surface area is 178 Å². The van der Waals surface area contributed by atoms with Gasteiger partial charge in [-0.3, -0.25) is 9.69 Å². The number of hydrogen-bond acceptors (Lipinski definition) is 3. The molecule has 12 heteroatoms. The number of amidine groups is 1. The van der Waals surface area contributed by atoms with E-state index in [1.54, 1.807) is 0 Å². The van der Waals surface area contributed by atoms with E-state index in [2.05, 4.69) is 10.9 Å². The molecule has 5 nitrogen and oxygen atoms in total. The fourth-order valence-electron chi connectivity index (χ4n) is 2.24. The van der Waals surface area contributed by atoms with E-state index in [0.29, 0.717) is 11.0 Å². The molecule has 0 aromatic heterocycles. The van der Waals surface area contributed by atoms with Crippen LogP contribution in [0.3, 0.4) is 0 Å². The lowest BCUT2D eigenvalue weighted by molar-refractivity contribution is -0.137. The Kier molecular flexibility index (Phi) is 6.77. The second kappa shape index (κ2) is 8.37. The van der Waals surface area contributed by atoms with Gasteiger partial charge in [-0.1, -0.05) is 52.5 Å². The lowest BCUT2D eigenvalue weighted by atomic mass is 10.2. The number of anilines is 1. The summed E-state index contributed by atoms with van der Waals surface area (Å²) in [6.45, 7) is -0.177. The predicted octanol–water partition coefficient (Wildman–Crippen LogP) is 4.83. The number of benzene rings is 1. The monoisotopic (exact) mass is 473 g/mol. The molecule has 0 saturated carbocycles. The molecular formula is C16H10Cl4F3N3O2. The quantitative estimate of drug-likeness (QED) is 0.271. The predicted molar refractivity (Wildman–Crippen MR) is 102 cm³/mol. The third-order valence-electron chi connectivity index (χ3n) is 3.49. The summed E-state index contributed by atoms with van der Waals surface area (Å²) < 4.78 is 37.0. The highest BCUT2D eigenvalue weighted by Crippen LogP contribution is 2.36. The van der Waals surface area contributed by atoms with E-state index in [9.17, 15) is 22.8 Å². The maximum absolute atomic E-state index is 13.0. The summed E-state index contributed by atoms with van der Waals surface area (Å²) in [7, 11) is 0. The van der Waals surface area contributed by atoms with Crippen LogP contribution in [0.25, 0.3) is 0 Å². The largest absolute Gasteiger partial charge is 0.416 e. The molecule has 1 aromatic carbocycles. The first-order valence-electron chi connectivity index (χ1n) is 7.43. The molecule has 1 aliphatic heterocycles. The van der Waals surface area contributed by atoms with Crippen LogP contribution in [0.2, 0.25) is 0 Å². The van der Waals surface area contributed by atoms with E-state index in [1.807, 2.05) is 0 Å². The highest BCUT2D eigenvalue weighted by Gasteiger charge is 2.45. The molecular weight excluding hydrogens is 465 g/mol. The molecule has 0 N–H and O–H groups in total. The summed E-state index contributed by atoms with van der Waals surface area (Å²) in [5.74, 6) is 0.734. The standard InChI is InChI=1S/C16H10Cl4F3N3O2/c1-2-3-7-25-12(27)11(24-13(17)15(18,19)20)26(14(25)28)10-6-4-5-9(8-10)16(21,22)23/h1,4-6,8,13H,3,7H2/b24-11+. The summed E-state index contributed by atoms with van der Waals surface area (Å²) >= 11 is 22.8. The zero-order valence-electron chi connectivity index (χ0n) is 13.7. The van der Waals surface area contributed by atoms with Gasteiger partial charge in [-0.2, -0.15) is 13.2 Å². The molecule has 0 bridgehead atoms. The number of hydrogen-bond donors (Lipinski definition) is 0. The molecule has 1 heterocycles. The second-order valence-corrected chi connectivity index (χ2v) is 8.19. The minimum absolute atomic E-state index is 0.0238. The minimum atomic E-state index is -4.67. The normalized spacial score (nSPS) is 18.0. The van der Waals surface area contributed by atoms with Crippen LogP contribution in [0.5, 0.6) is 0 Å². The average Bonchev–Trinajstić information content (AvgIpc) is 2.82. The number of rotatable bonds is 4. The Hall–Kier alpha value is -1.66. The molecule has 1 fully saturated rings. The van der Waals surface area contributed by atoms with E-state index >= 15 is 0 Å². The van der Waals surface area contributed by atoms with E-state index < -0.39 is 38.8 Å². The first-order valence-corrected chi connectivity index (χ1v) is 9.00. The van der Waals surface area contributed by atoms with Crippen molar-refractivity contribution >= 4 is 69.9 Å². The fourth-order valence-corrected chi connectivity index (χ4v) is 2.47. The highest BCUT2D eigenvalue weighted by molar-refractivity contribution is 6.70. The molecule has 150 valence electrons. The van der Waals surface area contributed by atoms with E-state index in [1.165, 1.54) is 6.07 Å². The van der Waals surface area contributed by atoms with Crippen molar-refractivity contribution in [1.82, 2.24) is 4.90 Å². The number of carbonyl (C=O) groups excluding carboxylic acids is 2. The number of imide groups is 1. The molecule has 2 rings (SSSR count). The maximum atomic E-state index is 13.0. The third kappa shape index (κ3) is 4.84. The van der Waals surface area contributed by atoms with Crippen LogP contribution in [0.4, 0.5) is 23.7 Å².